The van der Waals surface area contributed by atoms with E-state index in [0.29, 0.717) is 11.3 Å². The summed E-state index contributed by atoms with van der Waals surface area (Å²) in [6, 6.07) is 11.9. The van der Waals surface area contributed by atoms with Gasteiger partial charge in [-0.25, -0.2) is 0 Å². The van der Waals surface area contributed by atoms with Crippen LogP contribution in [-0.4, -0.2) is 18.8 Å². The highest BCUT2D eigenvalue weighted by molar-refractivity contribution is 5.86. The number of carboxylic acid groups (broad SMARTS) is 1. The number of halogens is 2. The second-order valence-electron chi connectivity index (χ2n) is 4.15. The van der Waals surface area contributed by atoms with Gasteiger partial charge in [-0.05, 0) is 29.8 Å². The molecule has 0 aliphatic carbocycles. The Hall–Kier alpha value is -2.96. The Balaban J connectivity index is 2.05. The fourth-order valence-electron chi connectivity index (χ4n) is 1.65. The van der Waals surface area contributed by atoms with E-state index in [2.05, 4.69) is 15.3 Å². The van der Waals surface area contributed by atoms with Gasteiger partial charge in [-0.3, -0.25) is 5.43 Å². The van der Waals surface area contributed by atoms with E-state index in [4.69, 9.17) is 0 Å². The summed E-state index contributed by atoms with van der Waals surface area (Å²) in [6.07, 6.45) is 1.32. The number of carbonyl (C=O) groups excluding carboxylic acids is 1. The topological polar surface area (TPSA) is 73.8 Å². The molecule has 0 saturated heterocycles. The number of aromatic carboxylic acids is 1. The number of carboxylic acids is 1. The summed E-state index contributed by atoms with van der Waals surface area (Å²) in [5, 5.41) is 14.5. The van der Waals surface area contributed by atoms with Crippen molar-refractivity contribution in [3.05, 3.63) is 59.7 Å². The van der Waals surface area contributed by atoms with Crippen LogP contribution in [0.2, 0.25) is 0 Å². The molecule has 0 saturated carbocycles. The molecule has 1 N–H and O–H groups in total. The molecule has 7 heteroatoms. The molecule has 2 aromatic carbocycles. The SMILES string of the molecule is O=C([O-])c1ccc(N/N=C\c2ccccc2OC(F)F)cc1. The first kappa shape index (κ1) is 15.4. The standard InChI is InChI=1S/C15H12F2N2O3/c16-15(17)22-13-4-2-1-3-11(13)9-18-19-12-7-5-10(6-8-12)14(20)21/h1-9,15,19H,(H,20,21)/p-1/b18-9-. The average molecular weight is 305 g/mol. The summed E-state index contributed by atoms with van der Waals surface area (Å²) in [4.78, 5) is 10.6. The van der Waals surface area contributed by atoms with E-state index in [1.807, 2.05) is 0 Å². The minimum absolute atomic E-state index is 0.00958. The van der Waals surface area contributed by atoms with Crippen molar-refractivity contribution < 1.29 is 23.4 Å². The third kappa shape index (κ3) is 4.27. The average Bonchev–Trinajstić information content (AvgIpc) is 2.49. The molecule has 0 aliphatic rings. The zero-order valence-corrected chi connectivity index (χ0v) is 11.2. The van der Waals surface area contributed by atoms with Crippen molar-refractivity contribution in [2.75, 3.05) is 5.43 Å². The first-order valence-electron chi connectivity index (χ1n) is 6.20. The molecule has 2 aromatic rings. The maximum Gasteiger partial charge on any atom is 0.387 e. The molecule has 0 spiro atoms. The first-order valence-corrected chi connectivity index (χ1v) is 6.20. The number of para-hydroxylation sites is 1. The van der Waals surface area contributed by atoms with Crippen LogP contribution >= 0.6 is 0 Å². The van der Waals surface area contributed by atoms with E-state index in [9.17, 15) is 18.7 Å². The van der Waals surface area contributed by atoms with Crippen molar-refractivity contribution in [1.29, 1.82) is 0 Å². The van der Waals surface area contributed by atoms with Gasteiger partial charge in [-0.1, -0.05) is 24.3 Å². The number of hydrazone groups is 1. The van der Waals surface area contributed by atoms with Crippen molar-refractivity contribution in [3.8, 4) is 5.75 Å². The Kier molecular flexibility index (Phi) is 5.02. The van der Waals surface area contributed by atoms with E-state index < -0.39 is 12.6 Å². The van der Waals surface area contributed by atoms with E-state index >= 15 is 0 Å². The Bertz CT molecular complexity index is 673. The molecule has 0 aliphatic heterocycles. The number of benzene rings is 2. The molecule has 0 unspecified atom stereocenters. The van der Waals surface area contributed by atoms with Gasteiger partial charge in [0.05, 0.1) is 17.9 Å². The fourth-order valence-corrected chi connectivity index (χ4v) is 1.65. The van der Waals surface area contributed by atoms with Crippen LogP contribution in [-0.2, 0) is 0 Å². The lowest BCUT2D eigenvalue weighted by molar-refractivity contribution is -0.255. The number of anilines is 1. The van der Waals surface area contributed by atoms with Crippen molar-refractivity contribution in [3.63, 3.8) is 0 Å². The van der Waals surface area contributed by atoms with E-state index in [1.54, 1.807) is 18.2 Å². The molecule has 114 valence electrons. The molecular weight excluding hydrogens is 294 g/mol. The highest BCUT2D eigenvalue weighted by Gasteiger charge is 2.07. The molecule has 0 amide bonds. The Morgan fingerprint density at radius 2 is 1.86 bits per heavy atom. The minimum Gasteiger partial charge on any atom is -0.545 e. The summed E-state index contributed by atoms with van der Waals surface area (Å²) in [7, 11) is 0. The van der Waals surface area contributed by atoms with Gasteiger partial charge < -0.3 is 14.6 Å². The molecule has 22 heavy (non-hydrogen) atoms. The molecule has 5 nitrogen and oxygen atoms in total. The van der Waals surface area contributed by atoms with Crippen molar-refractivity contribution in [1.82, 2.24) is 0 Å². The molecule has 0 bridgehead atoms. The number of rotatable bonds is 6. The highest BCUT2D eigenvalue weighted by atomic mass is 19.3. The number of ether oxygens (including phenoxy) is 1. The van der Waals surface area contributed by atoms with Crippen LogP contribution in [0.3, 0.4) is 0 Å². The lowest BCUT2D eigenvalue weighted by Gasteiger charge is -2.07. The van der Waals surface area contributed by atoms with E-state index in [-0.39, 0.29) is 11.3 Å². The van der Waals surface area contributed by atoms with Crippen LogP contribution in [0, 0.1) is 0 Å². The zero-order valence-electron chi connectivity index (χ0n) is 11.2. The number of alkyl halides is 2. The van der Waals surface area contributed by atoms with Crippen molar-refractivity contribution in [2.24, 2.45) is 5.10 Å². The molecule has 0 heterocycles. The Morgan fingerprint density at radius 1 is 1.18 bits per heavy atom. The number of nitrogens with zero attached hydrogens (tertiary/aromatic N) is 1. The van der Waals surface area contributed by atoms with Gasteiger partial charge in [0.2, 0.25) is 0 Å². The normalized spacial score (nSPS) is 10.9. The van der Waals surface area contributed by atoms with Crippen LogP contribution in [0.15, 0.2) is 53.6 Å². The third-order valence-corrected chi connectivity index (χ3v) is 2.65. The van der Waals surface area contributed by atoms with Crippen LogP contribution in [0.1, 0.15) is 15.9 Å². The quantitative estimate of drug-likeness (QED) is 0.655. The summed E-state index contributed by atoms with van der Waals surface area (Å²) in [5.74, 6) is -1.26. The van der Waals surface area contributed by atoms with Crippen LogP contribution in [0.25, 0.3) is 0 Å². The summed E-state index contributed by atoms with van der Waals surface area (Å²) in [6.45, 7) is -2.92. The molecule has 0 radical (unpaired) electrons. The van der Waals surface area contributed by atoms with Gasteiger partial charge in [0, 0.05) is 5.56 Å². The minimum atomic E-state index is -2.92. The smallest absolute Gasteiger partial charge is 0.387 e. The van der Waals surface area contributed by atoms with Crippen molar-refractivity contribution in [2.45, 2.75) is 6.61 Å². The molecular formula is C15H11F2N2O3-. The van der Waals surface area contributed by atoms with E-state index in [0.717, 1.165) is 0 Å². The number of nitrogens with one attached hydrogen (secondary N) is 1. The van der Waals surface area contributed by atoms with Gasteiger partial charge in [-0.2, -0.15) is 13.9 Å². The summed E-state index contributed by atoms with van der Waals surface area (Å²) < 4.78 is 28.9. The van der Waals surface area contributed by atoms with Crippen LogP contribution in [0.4, 0.5) is 14.5 Å². The zero-order chi connectivity index (χ0) is 15.9. The van der Waals surface area contributed by atoms with Gasteiger partial charge in [-0.15, -0.1) is 0 Å². The van der Waals surface area contributed by atoms with Gasteiger partial charge in [0.15, 0.2) is 0 Å². The van der Waals surface area contributed by atoms with Crippen LogP contribution < -0.4 is 15.3 Å². The molecule has 0 aromatic heterocycles. The van der Waals surface area contributed by atoms with Gasteiger partial charge in [0.1, 0.15) is 5.75 Å². The molecule has 0 fully saturated rings. The monoisotopic (exact) mass is 305 g/mol. The van der Waals surface area contributed by atoms with E-state index in [1.165, 1.54) is 36.5 Å². The fraction of sp³-hybridized carbons (Fsp3) is 0.0667. The molecule has 2 rings (SSSR count). The predicted octanol–water partition coefficient (Wildman–Crippen LogP) is 2.10. The van der Waals surface area contributed by atoms with Gasteiger partial charge in [0.25, 0.3) is 0 Å². The predicted molar refractivity (Wildman–Crippen MR) is 75.1 cm³/mol. The number of carbonyl (C=O) groups is 1. The number of hydrogen-bond donors (Lipinski definition) is 1. The molecule has 0 atom stereocenters. The van der Waals surface area contributed by atoms with Crippen molar-refractivity contribution >= 4 is 17.9 Å². The maximum absolute atomic E-state index is 12.3. The number of hydrogen-bond acceptors (Lipinski definition) is 5. The maximum atomic E-state index is 12.3. The summed E-state index contributed by atoms with van der Waals surface area (Å²) >= 11 is 0. The lowest BCUT2D eigenvalue weighted by Crippen LogP contribution is -2.21. The first-order chi connectivity index (χ1) is 10.6. The largest absolute Gasteiger partial charge is 0.545 e. The Labute approximate surface area is 124 Å². The summed E-state index contributed by atoms with van der Waals surface area (Å²) in [5.41, 5.74) is 3.61. The second kappa shape index (κ2) is 7.16. The Morgan fingerprint density at radius 3 is 2.50 bits per heavy atom. The highest BCUT2D eigenvalue weighted by Crippen LogP contribution is 2.18. The second-order valence-corrected chi connectivity index (χ2v) is 4.15. The third-order valence-electron chi connectivity index (χ3n) is 2.65. The van der Waals surface area contributed by atoms with Gasteiger partial charge >= 0.3 is 6.61 Å². The van der Waals surface area contributed by atoms with Crippen LogP contribution in [0.5, 0.6) is 5.75 Å². The lowest BCUT2D eigenvalue weighted by atomic mass is 10.2.